The van der Waals surface area contributed by atoms with Crippen LogP contribution in [0.5, 0.6) is 0 Å². The summed E-state index contributed by atoms with van der Waals surface area (Å²) in [6.07, 6.45) is 75.2. The summed E-state index contributed by atoms with van der Waals surface area (Å²) in [6, 6.07) is 0. The molecule has 1 atom stereocenters. The molecule has 6 heteroatoms. The molecule has 0 heterocycles. The average Bonchev–Trinajstić information content (AvgIpc) is 3.34. The van der Waals surface area contributed by atoms with Crippen LogP contribution in [-0.4, -0.2) is 37.2 Å². The quantitative estimate of drug-likeness (QED) is 0.0262. The topological polar surface area (TPSA) is 78.9 Å². The van der Waals surface area contributed by atoms with Gasteiger partial charge in [-0.2, -0.15) is 0 Å². The molecule has 0 aliphatic heterocycles. The molecule has 0 saturated heterocycles. The Hall–Kier alpha value is -3.93. The smallest absolute Gasteiger partial charge is 0.306 e. The monoisotopic (exact) mass is 943 g/mol. The molecule has 0 aromatic rings. The van der Waals surface area contributed by atoms with Gasteiger partial charge in [0.1, 0.15) is 13.2 Å². The molecule has 386 valence electrons. The summed E-state index contributed by atoms with van der Waals surface area (Å²) in [5, 5.41) is 0. The lowest BCUT2D eigenvalue weighted by Crippen LogP contribution is -2.30. The van der Waals surface area contributed by atoms with E-state index in [9.17, 15) is 14.4 Å². The van der Waals surface area contributed by atoms with Gasteiger partial charge in [-0.1, -0.05) is 233 Å². The molecule has 0 aromatic carbocycles. The predicted molar refractivity (Wildman–Crippen MR) is 293 cm³/mol. The van der Waals surface area contributed by atoms with E-state index >= 15 is 0 Å². The number of unbranched alkanes of at least 4 members (excludes halogenated alkanes) is 20. The Balaban J connectivity index is 4.28. The molecule has 0 fully saturated rings. The Morgan fingerprint density at radius 1 is 0.309 bits per heavy atom. The third-order valence-corrected chi connectivity index (χ3v) is 11.5. The highest BCUT2D eigenvalue weighted by Gasteiger charge is 2.19. The maximum atomic E-state index is 12.8. The van der Waals surface area contributed by atoms with E-state index in [2.05, 4.69) is 130 Å². The number of allylic oxidation sites excluding steroid dienone is 18. The summed E-state index contributed by atoms with van der Waals surface area (Å²) in [4.78, 5) is 38.0. The van der Waals surface area contributed by atoms with Crippen molar-refractivity contribution >= 4 is 17.9 Å². The van der Waals surface area contributed by atoms with Gasteiger partial charge in [-0.05, 0) is 103 Å². The number of carbonyl (C=O) groups excluding carboxylic acids is 3. The van der Waals surface area contributed by atoms with Crippen LogP contribution in [0.3, 0.4) is 0 Å². The van der Waals surface area contributed by atoms with Crippen molar-refractivity contribution in [3.63, 3.8) is 0 Å². The van der Waals surface area contributed by atoms with E-state index in [4.69, 9.17) is 14.2 Å². The van der Waals surface area contributed by atoms with Gasteiger partial charge in [0.05, 0.1) is 0 Å². The minimum Gasteiger partial charge on any atom is -0.462 e. The molecular formula is C62H102O6. The summed E-state index contributed by atoms with van der Waals surface area (Å²) in [7, 11) is 0. The van der Waals surface area contributed by atoms with Crippen molar-refractivity contribution in [1.29, 1.82) is 0 Å². The minimum absolute atomic E-state index is 0.0921. The van der Waals surface area contributed by atoms with E-state index in [-0.39, 0.29) is 37.5 Å². The Kier molecular flexibility index (Phi) is 52.4. The fourth-order valence-corrected chi connectivity index (χ4v) is 7.40. The highest BCUT2D eigenvalue weighted by Crippen LogP contribution is 2.14. The van der Waals surface area contributed by atoms with Gasteiger partial charge in [-0.25, -0.2) is 0 Å². The molecule has 6 nitrogen and oxygen atoms in total. The molecule has 0 aromatic heterocycles. The summed E-state index contributed by atoms with van der Waals surface area (Å²) in [5.41, 5.74) is 0. The largest absolute Gasteiger partial charge is 0.462 e. The van der Waals surface area contributed by atoms with E-state index in [1.807, 2.05) is 0 Å². The number of rotatable bonds is 49. The number of esters is 3. The highest BCUT2D eigenvalue weighted by atomic mass is 16.6. The van der Waals surface area contributed by atoms with Crippen molar-refractivity contribution in [2.24, 2.45) is 0 Å². The molecular weight excluding hydrogens is 841 g/mol. The maximum absolute atomic E-state index is 12.8. The molecule has 0 rings (SSSR count). The first kappa shape index (κ1) is 64.1. The molecule has 68 heavy (non-hydrogen) atoms. The van der Waals surface area contributed by atoms with Crippen molar-refractivity contribution < 1.29 is 28.6 Å². The van der Waals surface area contributed by atoms with E-state index in [0.717, 1.165) is 128 Å². The molecule has 0 aliphatic carbocycles. The van der Waals surface area contributed by atoms with Gasteiger partial charge < -0.3 is 14.2 Å². The second-order valence-electron chi connectivity index (χ2n) is 18.1. The van der Waals surface area contributed by atoms with Crippen molar-refractivity contribution in [1.82, 2.24) is 0 Å². The number of carbonyl (C=O) groups is 3. The van der Waals surface area contributed by atoms with Crippen LogP contribution < -0.4 is 0 Å². The van der Waals surface area contributed by atoms with E-state index in [0.29, 0.717) is 12.8 Å². The van der Waals surface area contributed by atoms with Gasteiger partial charge in [0.25, 0.3) is 0 Å². The van der Waals surface area contributed by atoms with Crippen LogP contribution in [0, 0.1) is 0 Å². The third-order valence-electron chi connectivity index (χ3n) is 11.5. The molecule has 1 unspecified atom stereocenters. The molecule has 0 saturated carbocycles. The first-order valence-electron chi connectivity index (χ1n) is 27.9. The molecule has 0 N–H and O–H groups in total. The van der Waals surface area contributed by atoms with Crippen LogP contribution in [0.4, 0.5) is 0 Å². The lowest BCUT2D eigenvalue weighted by atomic mass is 10.1. The van der Waals surface area contributed by atoms with Gasteiger partial charge in [-0.15, -0.1) is 0 Å². The number of hydrogen-bond donors (Lipinski definition) is 0. The third kappa shape index (κ3) is 53.0. The van der Waals surface area contributed by atoms with Gasteiger partial charge in [-0.3, -0.25) is 14.4 Å². The van der Waals surface area contributed by atoms with Crippen LogP contribution in [0.15, 0.2) is 109 Å². The minimum atomic E-state index is -0.795. The van der Waals surface area contributed by atoms with Crippen LogP contribution in [-0.2, 0) is 28.6 Å². The number of hydrogen-bond acceptors (Lipinski definition) is 6. The molecule has 0 spiro atoms. The van der Waals surface area contributed by atoms with E-state index in [1.165, 1.54) is 77.0 Å². The fraction of sp³-hybridized carbons (Fsp3) is 0.661. The van der Waals surface area contributed by atoms with Crippen LogP contribution in [0.25, 0.3) is 0 Å². The lowest BCUT2D eigenvalue weighted by molar-refractivity contribution is -0.167. The van der Waals surface area contributed by atoms with Gasteiger partial charge in [0, 0.05) is 19.3 Å². The SMILES string of the molecule is CC/C=C\C/C=C\C/C=C\C/C=C\C/C=C\C/C=C\CCCCCCCCCCC(=O)OCC(COC(=O)CCCCCCCCCCCC)OC(=O)CCCCC/C=C\C/C=C\C/C=C\CC. The fourth-order valence-electron chi connectivity index (χ4n) is 7.40. The zero-order chi connectivity index (χ0) is 49.3. The van der Waals surface area contributed by atoms with E-state index < -0.39 is 6.10 Å². The Labute approximate surface area is 419 Å². The van der Waals surface area contributed by atoms with Gasteiger partial charge in [0.15, 0.2) is 6.10 Å². The summed E-state index contributed by atoms with van der Waals surface area (Å²) in [5.74, 6) is -0.934. The zero-order valence-electron chi connectivity index (χ0n) is 44.1. The zero-order valence-corrected chi connectivity index (χ0v) is 44.1. The van der Waals surface area contributed by atoms with Gasteiger partial charge >= 0.3 is 17.9 Å². The molecule has 0 aliphatic rings. The molecule has 0 bridgehead atoms. The number of ether oxygens (including phenoxy) is 3. The normalized spacial score (nSPS) is 12.9. The summed E-state index contributed by atoms with van der Waals surface area (Å²) >= 11 is 0. The maximum Gasteiger partial charge on any atom is 0.306 e. The van der Waals surface area contributed by atoms with Crippen molar-refractivity contribution in [3.05, 3.63) is 109 Å². The Morgan fingerprint density at radius 2 is 0.574 bits per heavy atom. The second kappa shape index (κ2) is 55.7. The van der Waals surface area contributed by atoms with Crippen molar-refractivity contribution in [2.45, 2.75) is 252 Å². The molecule has 0 amide bonds. The van der Waals surface area contributed by atoms with Crippen LogP contribution in [0.1, 0.15) is 245 Å². The standard InChI is InChI=1S/C62H102O6/c1-4-7-10-13-16-19-22-24-25-26-27-28-29-30-31-32-33-34-35-36-37-39-40-43-46-49-52-55-61(64)67-58-59(57-66-60(63)54-51-48-45-42-21-18-15-12-9-6-3)68-62(65)56-53-50-47-44-41-38-23-20-17-14-11-8-5-2/h7-8,10-11,16-17,19-20,24-25,27-28,30-31,33-34,38,41,59H,4-6,9,12-15,18,21-23,26,29,32,35-37,39-40,42-58H2,1-3H3/b10-7-,11-8-,19-16-,20-17-,25-24-,28-27-,31-30-,34-33-,41-38-. The summed E-state index contributed by atoms with van der Waals surface area (Å²) < 4.78 is 16.8. The highest BCUT2D eigenvalue weighted by molar-refractivity contribution is 5.71. The van der Waals surface area contributed by atoms with Crippen molar-refractivity contribution in [2.75, 3.05) is 13.2 Å². The molecule has 0 radical (unpaired) electrons. The van der Waals surface area contributed by atoms with Crippen molar-refractivity contribution in [3.8, 4) is 0 Å². The first-order chi connectivity index (χ1) is 33.5. The van der Waals surface area contributed by atoms with Gasteiger partial charge in [0.2, 0.25) is 0 Å². The van der Waals surface area contributed by atoms with Crippen LogP contribution in [0.2, 0.25) is 0 Å². The summed E-state index contributed by atoms with van der Waals surface area (Å²) in [6.45, 7) is 6.36. The van der Waals surface area contributed by atoms with E-state index in [1.54, 1.807) is 0 Å². The van der Waals surface area contributed by atoms with Crippen LogP contribution >= 0.6 is 0 Å². The lowest BCUT2D eigenvalue weighted by Gasteiger charge is -2.18. The Morgan fingerprint density at radius 3 is 0.912 bits per heavy atom. The second-order valence-corrected chi connectivity index (χ2v) is 18.1. The predicted octanol–water partition coefficient (Wildman–Crippen LogP) is 18.7. The Bertz CT molecular complexity index is 1410. The first-order valence-corrected chi connectivity index (χ1v) is 27.9. The average molecular weight is 943 g/mol.